The summed E-state index contributed by atoms with van der Waals surface area (Å²) in [6.45, 7) is 9.40. The van der Waals surface area contributed by atoms with Crippen molar-refractivity contribution in [2.24, 2.45) is 5.41 Å². The van der Waals surface area contributed by atoms with E-state index in [0.29, 0.717) is 5.76 Å². The maximum atomic E-state index is 12.2. The van der Waals surface area contributed by atoms with E-state index in [2.05, 4.69) is 6.58 Å². The number of hydrogen-bond acceptors (Lipinski definition) is 3. The van der Waals surface area contributed by atoms with Crippen molar-refractivity contribution in [1.29, 1.82) is 0 Å². The predicted molar refractivity (Wildman–Crippen MR) is 91.1 cm³/mol. The molecular weight excluding hydrogens is 280 g/mol. The Kier molecular flexibility index (Phi) is 6.76. The van der Waals surface area contributed by atoms with Crippen molar-refractivity contribution in [2.45, 2.75) is 33.1 Å². The van der Waals surface area contributed by atoms with E-state index in [-0.39, 0.29) is 11.9 Å². The largest absolute Gasteiger partial charge is 0.429 e. The first kappa shape index (κ1) is 17.6. The standard InChI is InChI=1S/C18H24O2S/c1-6-10-15(14-11-8-7-9-12-14)16(13-21-5)20-17(19)18(2,3)4/h6-9,11-13,15H,1,10H2,2-5H3/b16-13-. The van der Waals surface area contributed by atoms with Gasteiger partial charge in [-0.3, -0.25) is 4.79 Å². The van der Waals surface area contributed by atoms with Crippen molar-refractivity contribution >= 4 is 17.7 Å². The summed E-state index contributed by atoms with van der Waals surface area (Å²) in [5, 5.41) is 1.91. The number of esters is 1. The van der Waals surface area contributed by atoms with E-state index in [1.807, 2.05) is 68.8 Å². The number of thioether (sulfide) groups is 1. The Balaban J connectivity index is 3.08. The molecule has 1 aromatic carbocycles. The zero-order valence-corrected chi connectivity index (χ0v) is 14.1. The molecule has 0 aliphatic heterocycles. The highest BCUT2D eigenvalue weighted by molar-refractivity contribution is 8.01. The van der Waals surface area contributed by atoms with Crippen LogP contribution in [0.5, 0.6) is 0 Å². The second-order valence-electron chi connectivity index (χ2n) is 5.88. The number of hydrogen-bond donors (Lipinski definition) is 0. The molecule has 0 bridgehead atoms. The van der Waals surface area contributed by atoms with Gasteiger partial charge < -0.3 is 4.74 Å². The molecule has 21 heavy (non-hydrogen) atoms. The van der Waals surface area contributed by atoms with E-state index in [0.717, 1.165) is 12.0 Å². The Bertz CT molecular complexity index is 498. The van der Waals surface area contributed by atoms with Gasteiger partial charge in [0, 0.05) is 11.3 Å². The lowest BCUT2D eigenvalue weighted by molar-refractivity contribution is -0.148. The van der Waals surface area contributed by atoms with Crippen molar-refractivity contribution < 1.29 is 9.53 Å². The van der Waals surface area contributed by atoms with Crippen LogP contribution >= 0.6 is 11.8 Å². The van der Waals surface area contributed by atoms with Gasteiger partial charge in [-0.1, -0.05) is 36.4 Å². The molecule has 1 rings (SSSR count). The minimum Gasteiger partial charge on any atom is -0.429 e. The number of carbonyl (C=O) groups is 1. The van der Waals surface area contributed by atoms with Gasteiger partial charge in [0.2, 0.25) is 0 Å². The Morgan fingerprint density at radius 1 is 1.33 bits per heavy atom. The summed E-state index contributed by atoms with van der Waals surface area (Å²) in [4.78, 5) is 12.2. The smallest absolute Gasteiger partial charge is 0.316 e. The highest BCUT2D eigenvalue weighted by atomic mass is 32.2. The number of allylic oxidation sites excluding steroid dienone is 2. The van der Waals surface area contributed by atoms with Crippen LogP contribution in [-0.4, -0.2) is 12.2 Å². The van der Waals surface area contributed by atoms with Crippen LogP contribution in [0.3, 0.4) is 0 Å². The molecule has 2 nitrogen and oxygen atoms in total. The van der Waals surface area contributed by atoms with Crippen LogP contribution in [0.1, 0.15) is 38.7 Å². The molecule has 3 heteroatoms. The van der Waals surface area contributed by atoms with E-state index >= 15 is 0 Å². The number of benzene rings is 1. The van der Waals surface area contributed by atoms with Gasteiger partial charge in [-0.25, -0.2) is 0 Å². The van der Waals surface area contributed by atoms with Gasteiger partial charge in [-0.15, -0.1) is 18.3 Å². The molecule has 1 atom stereocenters. The van der Waals surface area contributed by atoms with E-state index in [4.69, 9.17) is 4.74 Å². The maximum Gasteiger partial charge on any atom is 0.316 e. The summed E-state index contributed by atoms with van der Waals surface area (Å²) in [6.07, 6.45) is 4.55. The highest BCUT2D eigenvalue weighted by Gasteiger charge is 2.27. The molecule has 0 aromatic heterocycles. The third kappa shape index (κ3) is 5.43. The van der Waals surface area contributed by atoms with E-state index in [9.17, 15) is 4.79 Å². The van der Waals surface area contributed by atoms with Crippen LogP contribution in [0, 0.1) is 5.41 Å². The number of carbonyl (C=O) groups excluding carboxylic acids is 1. The summed E-state index contributed by atoms with van der Waals surface area (Å²) in [7, 11) is 0. The SMILES string of the molecule is C=CCC(/C(=C/SC)OC(=O)C(C)(C)C)c1ccccc1. The molecular formula is C18H24O2S. The van der Waals surface area contributed by atoms with Crippen molar-refractivity contribution in [3.05, 3.63) is 59.7 Å². The van der Waals surface area contributed by atoms with Crippen molar-refractivity contribution in [1.82, 2.24) is 0 Å². The van der Waals surface area contributed by atoms with Crippen molar-refractivity contribution in [3.8, 4) is 0 Å². The van der Waals surface area contributed by atoms with Crippen molar-refractivity contribution in [3.63, 3.8) is 0 Å². The fraction of sp³-hybridized carbons (Fsp3) is 0.389. The van der Waals surface area contributed by atoms with E-state index < -0.39 is 5.41 Å². The normalized spacial score (nSPS) is 13.6. The van der Waals surface area contributed by atoms with Crippen LogP contribution in [0.4, 0.5) is 0 Å². The highest BCUT2D eigenvalue weighted by Crippen LogP contribution is 2.32. The van der Waals surface area contributed by atoms with Gasteiger partial charge in [0.25, 0.3) is 0 Å². The molecule has 0 aliphatic rings. The number of ether oxygens (including phenoxy) is 1. The lowest BCUT2D eigenvalue weighted by atomic mass is 9.93. The van der Waals surface area contributed by atoms with Gasteiger partial charge >= 0.3 is 5.97 Å². The molecule has 0 saturated carbocycles. The maximum absolute atomic E-state index is 12.2. The third-order valence-corrected chi connectivity index (χ3v) is 3.47. The minimum absolute atomic E-state index is 0.0162. The first-order chi connectivity index (χ1) is 9.90. The monoisotopic (exact) mass is 304 g/mol. The topological polar surface area (TPSA) is 26.3 Å². The Labute approximate surface area is 132 Å². The van der Waals surface area contributed by atoms with Crippen LogP contribution in [0.25, 0.3) is 0 Å². The summed E-state index contributed by atoms with van der Waals surface area (Å²) >= 11 is 1.54. The van der Waals surface area contributed by atoms with Crippen molar-refractivity contribution in [2.75, 3.05) is 6.26 Å². The van der Waals surface area contributed by atoms with Crippen LogP contribution in [0.15, 0.2) is 54.2 Å². The van der Waals surface area contributed by atoms with Crippen LogP contribution in [-0.2, 0) is 9.53 Å². The summed E-state index contributed by atoms with van der Waals surface area (Å²) in [5.74, 6) is 0.490. The molecule has 0 aliphatic carbocycles. The van der Waals surface area contributed by atoms with Gasteiger partial charge in [-0.05, 0) is 39.0 Å². The van der Waals surface area contributed by atoms with Gasteiger partial charge in [0.15, 0.2) is 0 Å². The van der Waals surface area contributed by atoms with Crippen LogP contribution in [0.2, 0.25) is 0 Å². The lowest BCUT2D eigenvalue weighted by Gasteiger charge is -2.23. The summed E-state index contributed by atoms with van der Waals surface area (Å²) in [5.41, 5.74) is 0.604. The average molecular weight is 304 g/mol. The molecule has 0 fully saturated rings. The van der Waals surface area contributed by atoms with Gasteiger partial charge in [-0.2, -0.15) is 0 Å². The lowest BCUT2D eigenvalue weighted by Crippen LogP contribution is -2.24. The molecule has 0 N–H and O–H groups in total. The molecule has 0 saturated heterocycles. The minimum atomic E-state index is -0.521. The van der Waals surface area contributed by atoms with Gasteiger partial charge in [0.1, 0.15) is 5.76 Å². The predicted octanol–water partition coefficient (Wildman–Crippen LogP) is 5.14. The average Bonchev–Trinajstić information content (AvgIpc) is 2.44. The zero-order valence-electron chi connectivity index (χ0n) is 13.3. The molecule has 0 spiro atoms. The number of rotatable bonds is 6. The fourth-order valence-corrected chi connectivity index (χ4v) is 2.27. The van der Waals surface area contributed by atoms with Gasteiger partial charge in [0.05, 0.1) is 5.41 Å². The van der Waals surface area contributed by atoms with Crippen LogP contribution < -0.4 is 0 Å². The fourth-order valence-electron chi connectivity index (χ4n) is 1.82. The molecule has 0 heterocycles. The first-order valence-corrected chi connectivity index (χ1v) is 8.30. The third-order valence-electron chi connectivity index (χ3n) is 3.00. The Morgan fingerprint density at radius 2 is 1.95 bits per heavy atom. The summed E-state index contributed by atoms with van der Waals surface area (Å²) < 4.78 is 5.68. The quantitative estimate of drug-likeness (QED) is 0.413. The van der Waals surface area contributed by atoms with E-state index in [1.165, 1.54) is 11.8 Å². The second kappa shape index (κ2) is 8.08. The Hall–Kier alpha value is -1.48. The summed E-state index contributed by atoms with van der Waals surface area (Å²) in [6, 6.07) is 10.1. The second-order valence-corrected chi connectivity index (χ2v) is 6.59. The first-order valence-electron chi connectivity index (χ1n) is 7.01. The molecule has 1 unspecified atom stereocenters. The molecule has 0 radical (unpaired) electrons. The zero-order chi connectivity index (χ0) is 15.9. The molecule has 114 valence electrons. The molecule has 1 aromatic rings. The molecule has 0 amide bonds. The Morgan fingerprint density at radius 3 is 2.43 bits per heavy atom. The van der Waals surface area contributed by atoms with E-state index in [1.54, 1.807) is 0 Å².